The molecule has 0 amide bonds. The molecule has 1 fully saturated rings. The second-order valence-corrected chi connectivity index (χ2v) is 5.34. The second-order valence-electron chi connectivity index (χ2n) is 5.34. The first kappa shape index (κ1) is 14.5. The molecule has 0 radical (unpaired) electrons. The van der Waals surface area contributed by atoms with E-state index in [1.165, 1.54) is 0 Å². The van der Waals surface area contributed by atoms with Crippen molar-refractivity contribution in [3.63, 3.8) is 0 Å². The van der Waals surface area contributed by atoms with Crippen molar-refractivity contribution in [1.82, 2.24) is 14.9 Å². The van der Waals surface area contributed by atoms with Gasteiger partial charge in [-0.15, -0.1) is 0 Å². The highest BCUT2D eigenvalue weighted by Gasteiger charge is 2.18. The Hall–Kier alpha value is -2.45. The zero-order chi connectivity index (χ0) is 15.2. The van der Waals surface area contributed by atoms with Crippen LogP contribution in [0.1, 0.15) is 6.42 Å². The molecular formula is C17H19N5. The minimum absolute atomic E-state index is 0.603. The molecule has 22 heavy (non-hydrogen) atoms. The first-order chi connectivity index (χ1) is 10.9. The highest BCUT2D eigenvalue weighted by Crippen LogP contribution is 2.19. The molecule has 0 spiro atoms. The minimum Gasteiger partial charge on any atom is -0.354 e. The number of nitriles is 1. The molecule has 0 aliphatic carbocycles. The maximum atomic E-state index is 8.66. The SMILES string of the molecule is N#CCCN1CCN(c2ccnc(-c3ccccc3)n2)CC1. The summed E-state index contributed by atoms with van der Waals surface area (Å²) in [5.74, 6) is 1.75. The number of rotatable bonds is 4. The van der Waals surface area contributed by atoms with Crippen molar-refractivity contribution in [2.75, 3.05) is 37.6 Å². The van der Waals surface area contributed by atoms with Gasteiger partial charge in [0.05, 0.1) is 6.07 Å². The van der Waals surface area contributed by atoms with E-state index in [0.717, 1.165) is 49.9 Å². The number of aromatic nitrogens is 2. The van der Waals surface area contributed by atoms with E-state index in [9.17, 15) is 0 Å². The fourth-order valence-electron chi connectivity index (χ4n) is 2.66. The van der Waals surface area contributed by atoms with Gasteiger partial charge >= 0.3 is 0 Å². The molecule has 2 aromatic rings. The summed E-state index contributed by atoms with van der Waals surface area (Å²) in [6.45, 7) is 4.70. The molecule has 3 rings (SSSR count). The lowest BCUT2D eigenvalue weighted by Crippen LogP contribution is -2.46. The standard InChI is InChI=1S/C17H19N5/c18-8-4-10-21-11-13-22(14-12-21)16-7-9-19-17(20-16)15-5-2-1-3-6-15/h1-3,5-7,9H,4,10-14H2. The molecule has 1 aliphatic rings. The van der Waals surface area contributed by atoms with E-state index in [4.69, 9.17) is 10.2 Å². The van der Waals surface area contributed by atoms with Crippen LogP contribution in [0, 0.1) is 11.3 Å². The Bertz CT molecular complexity index is 642. The summed E-state index contributed by atoms with van der Waals surface area (Å²) in [6, 6.07) is 14.2. The first-order valence-corrected chi connectivity index (χ1v) is 7.59. The number of anilines is 1. The molecule has 2 heterocycles. The Kier molecular flexibility index (Phi) is 4.62. The van der Waals surface area contributed by atoms with Crippen LogP contribution in [0.5, 0.6) is 0 Å². The lowest BCUT2D eigenvalue weighted by molar-refractivity contribution is 0.263. The van der Waals surface area contributed by atoms with E-state index in [0.29, 0.717) is 6.42 Å². The minimum atomic E-state index is 0.603. The zero-order valence-electron chi connectivity index (χ0n) is 12.5. The topological polar surface area (TPSA) is 56.1 Å². The van der Waals surface area contributed by atoms with Gasteiger partial charge in [-0.1, -0.05) is 30.3 Å². The van der Waals surface area contributed by atoms with Gasteiger partial charge in [0, 0.05) is 50.9 Å². The van der Waals surface area contributed by atoms with Crippen LogP contribution in [0.25, 0.3) is 11.4 Å². The maximum Gasteiger partial charge on any atom is 0.161 e. The summed E-state index contributed by atoms with van der Waals surface area (Å²) in [6.07, 6.45) is 2.43. The monoisotopic (exact) mass is 293 g/mol. The van der Waals surface area contributed by atoms with E-state index in [2.05, 4.69) is 20.9 Å². The molecule has 0 bridgehead atoms. The van der Waals surface area contributed by atoms with E-state index in [1.54, 1.807) is 0 Å². The molecule has 0 atom stereocenters. The van der Waals surface area contributed by atoms with Crippen LogP contribution in [0.4, 0.5) is 5.82 Å². The van der Waals surface area contributed by atoms with Crippen molar-refractivity contribution in [3.8, 4) is 17.5 Å². The van der Waals surface area contributed by atoms with Gasteiger partial charge in [-0.25, -0.2) is 9.97 Å². The smallest absolute Gasteiger partial charge is 0.161 e. The summed E-state index contributed by atoms with van der Waals surface area (Å²) in [7, 11) is 0. The first-order valence-electron chi connectivity index (χ1n) is 7.59. The Morgan fingerprint density at radius 1 is 1.05 bits per heavy atom. The lowest BCUT2D eigenvalue weighted by atomic mass is 10.2. The summed E-state index contributed by atoms with van der Waals surface area (Å²) in [5, 5.41) is 8.66. The van der Waals surface area contributed by atoms with Crippen LogP contribution in [-0.2, 0) is 0 Å². The van der Waals surface area contributed by atoms with Crippen LogP contribution in [-0.4, -0.2) is 47.6 Å². The normalized spacial score (nSPS) is 15.5. The Labute approximate surface area is 130 Å². The van der Waals surface area contributed by atoms with E-state index in [-0.39, 0.29) is 0 Å². The van der Waals surface area contributed by atoms with Gasteiger partial charge in [0.2, 0.25) is 0 Å². The van der Waals surface area contributed by atoms with Gasteiger partial charge in [0.25, 0.3) is 0 Å². The number of nitrogens with zero attached hydrogens (tertiary/aromatic N) is 5. The van der Waals surface area contributed by atoms with Gasteiger partial charge in [-0.2, -0.15) is 5.26 Å². The summed E-state index contributed by atoms with van der Waals surface area (Å²) in [5.41, 5.74) is 1.04. The van der Waals surface area contributed by atoms with Crippen molar-refractivity contribution in [1.29, 1.82) is 5.26 Å². The van der Waals surface area contributed by atoms with Crippen LogP contribution in [0.3, 0.4) is 0 Å². The van der Waals surface area contributed by atoms with Crippen LogP contribution in [0.2, 0.25) is 0 Å². The second kappa shape index (κ2) is 7.01. The van der Waals surface area contributed by atoms with Crippen molar-refractivity contribution < 1.29 is 0 Å². The van der Waals surface area contributed by atoms with Gasteiger partial charge in [-0.05, 0) is 6.07 Å². The van der Waals surface area contributed by atoms with Crippen molar-refractivity contribution in [2.24, 2.45) is 0 Å². The summed E-state index contributed by atoms with van der Waals surface area (Å²) >= 11 is 0. The average molecular weight is 293 g/mol. The molecule has 0 N–H and O–H groups in total. The molecule has 1 aromatic carbocycles. The van der Waals surface area contributed by atoms with E-state index >= 15 is 0 Å². The zero-order valence-corrected chi connectivity index (χ0v) is 12.5. The van der Waals surface area contributed by atoms with E-state index in [1.807, 2.05) is 42.6 Å². The van der Waals surface area contributed by atoms with E-state index < -0.39 is 0 Å². The third-order valence-corrected chi connectivity index (χ3v) is 3.91. The lowest BCUT2D eigenvalue weighted by Gasteiger charge is -2.35. The molecule has 1 saturated heterocycles. The predicted octanol–water partition coefficient (Wildman–Crippen LogP) is 2.18. The third-order valence-electron chi connectivity index (χ3n) is 3.91. The largest absolute Gasteiger partial charge is 0.354 e. The van der Waals surface area contributed by atoms with Crippen LogP contribution in [0.15, 0.2) is 42.6 Å². The summed E-state index contributed by atoms with van der Waals surface area (Å²) < 4.78 is 0. The molecular weight excluding hydrogens is 274 g/mol. The van der Waals surface area contributed by atoms with Crippen molar-refractivity contribution >= 4 is 5.82 Å². The Balaban J connectivity index is 1.68. The molecule has 0 unspecified atom stereocenters. The average Bonchev–Trinajstić information content (AvgIpc) is 2.61. The molecule has 5 heteroatoms. The van der Waals surface area contributed by atoms with Gasteiger partial charge in [-0.3, -0.25) is 4.90 Å². The molecule has 5 nitrogen and oxygen atoms in total. The fourth-order valence-corrected chi connectivity index (χ4v) is 2.66. The Morgan fingerprint density at radius 3 is 2.55 bits per heavy atom. The summed E-state index contributed by atoms with van der Waals surface area (Å²) in [4.78, 5) is 13.7. The quantitative estimate of drug-likeness (QED) is 0.865. The highest BCUT2D eigenvalue weighted by atomic mass is 15.3. The Morgan fingerprint density at radius 2 is 1.82 bits per heavy atom. The number of piperazine rings is 1. The number of hydrogen-bond donors (Lipinski definition) is 0. The molecule has 112 valence electrons. The fraction of sp³-hybridized carbons (Fsp3) is 0.353. The van der Waals surface area contributed by atoms with Crippen LogP contribution >= 0.6 is 0 Å². The number of hydrogen-bond acceptors (Lipinski definition) is 5. The molecule has 1 aliphatic heterocycles. The van der Waals surface area contributed by atoms with Gasteiger partial charge in [0.1, 0.15) is 5.82 Å². The van der Waals surface area contributed by atoms with Gasteiger partial charge in [0.15, 0.2) is 5.82 Å². The number of benzene rings is 1. The van der Waals surface area contributed by atoms with Crippen molar-refractivity contribution in [2.45, 2.75) is 6.42 Å². The third kappa shape index (κ3) is 3.41. The van der Waals surface area contributed by atoms with Crippen LogP contribution < -0.4 is 4.90 Å². The maximum absolute atomic E-state index is 8.66. The molecule has 1 aromatic heterocycles. The van der Waals surface area contributed by atoms with Gasteiger partial charge < -0.3 is 4.90 Å². The van der Waals surface area contributed by atoms with Crippen molar-refractivity contribution in [3.05, 3.63) is 42.6 Å². The highest BCUT2D eigenvalue weighted by molar-refractivity contribution is 5.57. The molecule has 0 saturated carbocycles. The predicted molar refractivity (Wildman–Crippen MR) is 86.4 cm³/mol.